The highest BCUT2D eigenvalue weighted by atomic mass is 32.2. The highest BCUT2D eigenvalue weighted by molar-refractivity contribution is 7.92. The van der Waals surface area contributed by atoms with Gasteiger partial charge in [-0.15, -0.1) is 0 Å². The first kappa shape index (κ1) is 23.8. The molecule has 2 aromatic heterocycles. The third kappa shape index (κ3) is 4.28. The summed E-state index contributed by atoms with van der Waals surface area (Å²) in [5, 5.41) is 3.42. The maximum absolute atomic E-state index is 15.4. The fraction of sp³-hybridized carbons (Fsp3) is 0.208. The predicted molar refractivity (Wildman–Crippen MR) is 127 cm³/mol. The van der Waals surface area contributed by atoms with E-state index in [0.717, 1.165) is 37.1 Å². The highest BCUT2D eigenvalue weighted by Gasteiger charge is 2.28. The van der Waals surface area contributed by atoms with Crippen molar-refractivity contribution in [3.63, 3.8) is 0 Å². The first-order chi connectivity index (χ1) is 17.2. The van der Waals surface area contributed by atoms with Gasteiger partial charge in [0.1, 0.15) is 29.4 Å². The Morgan fingerprint density at radius 2 is 1.89 bits per heavy atom. The number of hydrogen-bond acceptors (Lipinski definition) is 6. The van der Waals surface area contributed by atoms with Crippen LogP contribution >= 0.6 is 0 Å². The van der Waals surface area contributed by atoms with Gasteiger partial charge in [0, 0.05) is 18.3 Å². The van der Waals surface area contributed by atoms with E-state index in [0.29, 0.717) is 23.9 Å². The van der Waals surface area contributed by atoms with Crippen molar-refractivity contribution in [2.24, 2.45) is 5.92 Å². The molecule has 36 heavy (non-hydrogen) atoms. The van der Waals surface area contributed by atoms with Crippen LogP contribution in [-0.4, -0.2) is 35.7 Å². The molecule has 0 radical (unpaired) electrons. The van der Waals surface area contributed by atoms with Crippen molar-refractivity contribution in [3.8, 4) is 0 Å². The number of hydrogen-bond donors (Lipinski definition) is 3. The number of anilines is 2. The molecule has 186 valence electrons. The second-order valence-corrected chi connectivity index (χ2v) is 10.2. The zero-order valence-corrected chi connectivity index (χ0v) is 19.7. The second-order valence-electron chi connectivity index (χ2n) is 8.55. The van der Waals surface area contributed by atoms with Gasteiger partial charge in [0.05, 0.1) is 27.1 Å². The van der Waals surface area contributed by atoms with Gasteiger partial charge in [0.25, 0.3) is 10.0 Å². The number of rotatable bonds is 8. The Kier molecular flexibility index (Phi) is 5.91. The number of carbonyl (C=O) groups excluding carboxylic acids is 1. The molecule has 8 nitrogen and oxygen atoms in total. The zero-order chi connectivity index (χ0) is 25.6. The van der Waals surface area contributed by atoms with E-state index in [1.54, 1.807) is 0 Å². The smallest absolute Gasteiger partial charge is 0.262 e. The van der Waals surface area contributed by atoms with Gasteiger partial charge in [-0.3, -0.25) is 9.52 Å². The first-order valence-electron chi connectivity index (χ1n) is 11.0. The van der Waals surface area contributed by atoms with E-state index in [4.69, 9.17) is 0 Å². The van der Waals surface area contributed by atoms with E-state index in [-0.39, 0.29) is 16.5 Å². The van der Waals surface area contributed by atoms with Crippen LogP contribution in [0.5, 0.6) is 0 Å². The monoisotopic (exact) mass is 515 g/mol. The van der Waals surface area contributed by atoms with Crippen molar-refractivity contribution < 1.29 is 26.4 Å². The van der Waals surface area contributed by atoms with Gasteiger partial charge in [0.2, 0.25) is 5.78 Å². The molecule has 0 amide bonds. The molecular formula is C24H20F3N5O3S. The van der Waals surface area contributed by atoms with Gasteiger partial charge in [0.15, 0.2) is 5.82 Å². The zero-order valence-electron chi connectivity index (χ0n) is 18.9. The van der Waals surface area contributed by atoms with E-state index >= 15 is 4.39 Å². The largest absolute Gasteiger partial charge is 0.369 e. The lowest BCUT2D eigenvalue weighted by Crippen LogP contribution is -2.18. The second kappa shape index (κ2) is 8.94. The number of carbonyl (C=O) groups is 1. The molecule has 0 bridgehead atoms. The number of sulfonamides is 1. The number of H-pyrrole nitrogens is 1. The molecular weight excluding hydrogens is 495 g/mol. The van der Waals surface area contributed by atoms with Crippen LogP contribution in [0, 0.1) is 30.3 Å². The van der Waals surface area contributed by atoms with Gasteiger partial charge < -0.3 is 10.3 Å². The highest BCUT2D eigenvalue weighted by Crippen LogP contribution is 2.32. The van der Waals surface area contributed by atoms with E-state index < -0.39 is 49.4 Å². The summed E-state index contributed by atoms with van der Waals surface area (Å²) >= 11 is 0. The summed E-state index contributed by atoms with van der Waals surface area (Å²) < 4.78 is 71.7. The molecule has 5 rings (SSSR count). The summed E-state index contributed by atoms with van der Waals surface area (Å²) in [4.78, 5) is 24.0. The summed E-state index contributed by atoms with van der Waals surface area (Å²) in [6.07, 6.45) is 4.73. The van der Waals surface area contributed by atoms with Gasteiger partial charge >= 0.3 is 0 Å². The fourth-order valence-electron chi connectivity index (χ4n) is 3.89. The molecule has 12 heteroatoms. The van der Waals surface area contributed by atoms with Crippen LogP contribution in [0.1, 0.15) is 34.3 Å². The van der Waals surface area contributed by atoms with E-state index in [1.165, 1.54) is 25.5 Å². The molecule has 3 N–H and O–H groups in total. The van der Waals surface area contributed by atoms with E-state index in [1.807, 2.05) is 4.72 Å². The van der Waals surface area contributed by atoms with Crippen molar-refractivity contribution in [2.45, 2.75) is 24.7 Å². The number of benzene rings is 2. The van der Waals surface area contributed by atoms with Gasteiger partial charge in [-0.25, -0.2) is 31.6 Å². The van der Waals surface area contributed by atoms with Crippen molar-refractivity contribution in [1.82, 2.24) is 15.0 Å². The lowest BCUT2D eigenvalue weighted by Gasteiger charge is -2.13. The summed E-state index contributed by atoms with van der Waals surface area (Å²) in [7, 11) is -4.45. The molecule has 2 heterocycles. The van der Waals surface area contributed by atoms with Crippen LogP contribution in [-0.2, 0) is 10.0 Å². The average Bonchev–Trinajstić information content (AvgIpc) is 3.57. The quantitative estimate of drug-likeness (QED) is 0.297. The number of nitrogens with one attached hydrogen (secondary N) is 3. The number of nitrogens with zero attached hydrogens (tertiary/aromatic N) is 2. The molecule has 1 aliphatic rings. The van der Waals surface area contributed by atoms with Crippen molar-refractivity contribution in [1.29, 1.82) is 0 Å². The third-order valence-electron chi connectivity index (χ3n) is 6.04. The normalized spacial score (nSPS) is 13.7. The van der Waals surface area contributed by atoms with Crippen molar-refractivity contribution in [3.05, 3.63) is 77.0 Å². The molecule has 1 aliphatic carbocycles. The van der Waals surface area contributed by atoms with E-state index in [9.17, 15) is 22.0 Å². The Balaban J connectivity index is 1.53. The summed E-state index contributed by atoms with van der Waals surface area (Å²) in [5.74, 6) is -3.54. The molecule has 0 unspecified atom stereocenters. The number of halogens is 3. The maximum Gasteiger partial charge on any atom is 0.262 e. The Hall–Kier alpha value is -3.93. The van der Waals surface area contributed by atoms with Crippen LogP contribution in [0.15, 0.2) is 47.8 Å². The standard InChI is InChI=1S/C24H20F3N5O3S/c1-12-15(25)3-2-4-18(12)36(34,35)32-17-8-7-16(26)20(21(17)27)22(33)14-10-29-24-19(14)23(30-11-31-24)28-9-13-5-6-13/h2-4,7-8,10-11,13,32H,5-6,9H2,1H3,(H2,28,29,30,31). The van der Waals surface area contributed by atoms with Crippen LogP contribution in [0.3, 0.4) is 0 Å². The summed E-state index contributed by atoms with van der Waals surface area (Å²) in [5.41, 5.74) is -1.57. The van der Waals surface area contributed by atoms with Crippen molar-refractivity contribution >= 4 is 38.3 Å². The number of aromatic amines is 1. The van der Waals surface area contributed by atoms with Crippen LogP contribution in [0.2, 0.25) is 0 Å². The van der Waals surface area contributed by atoms with Crippen molar-refractivity contribution in [2.75, 3.05) is 16.6 Å². The first-order valence-corrected chi connectivity index (χ1v) is 12.5. The number of fused-ring (bicyclic) bond motifs is 1. The minimum atomic E-state index is -4.45. The average molecular weight is 516 g/mol. The lowest BCUT2D eigenvalue weighted by molar-refractivity contribution is 0.103. The molecule has 1 saturated carbocycles. The third-order valence-corrected chi connectivity index (χ3v) is 7.55. The van der Waals surface area contributed by atoms with E-state index in [2.05, 4.69) is 20.3 Å². The molecule has 2 aromatic carbocycles. The van der Waals surface area contributed by atoms with Gasteiger partial charge in [-0.05, 0) is 49.9 Å². The van der Waals surface area contributed by atoms with Crippen LogP contribution in [0.25, 0.3) is 11.0 Å². The number of ketones is 1. The minimum Gasteiger partial charge on any atom is -0.369 e. The lowest BCUT2D eigenvalue weighted by atomic mass is 10.0. The molecule has 0 atom stereocenters. The Morgan fingerprint density at radius 1 is 1.11 bits per heavy atom. The SMILES string of the molecule is Cc1c(F)cccc1S(=O)(=O)Nc1ccc(F)c(C(=O)c2c[nH]c3ncnc(NCC4CC4)c23)c1F. The van der Waals surface area contributed by atoms with Crippen LogP contribution < -0.4 is 10.0 Å². The molecule has 4 aromatic rings. The van der Waals surface area contributed by atoms with Gasteiger partial charge in [-0.2, -0.15) is 0 Å². The minimum absolute atomic E-state index is 0.0809. The fourth-order valence-corrected chi connectivity index (χ4v) is 5.21. The number of aromatic nitrogens is 3. The molecule has 1 fully saturated rings. The predicted octanol–water partition coefficient (Wildman–Crippen LogP) is 4.54. The Morgan fingerprint density at radius 3 is 2.64 bits per heavy atom. The summed E-state index contributed by atoms with van der Waals surface area (Å²) in [6, 6.07) is 5.07. The maximum atomic E-state index is 15.4. The molecule has 0 spiro atoms. The Labute approximate surface area is 204 Å². The Bertz CT molecular complexity index is 1620. The molecule has 0 saturated heterocycles. The summed E-state index contributed by atoms with van der Waals surface area (Å²) in [6.45, 7) is 1.89. The topological polar surface area (TPSA) is 117 Å². The van der Waals surface area contributed by atoms with Crippen LogP contribution in [0.4, 0.5) is 24.7 Å². The van der Waals surface area contributed by atoms with Gasteiger partial charge in [-0.1, -0.05) is 6.07 Å². The molecule has 0 aliphatic heterocycles.